The highest BCUT2D eigenvalue weighted by atomic mass is 16.3. The van der Waals surface area contributed by atoms with Crippen molar-refractivity contribution < 1.29 is 5.11 Å². The van der Waals surface area contributed by atoms with Gasteiger partial charge < -0.3 is 10.4 Å². The molecule has 1 aromatic carbocycles. The summed E-state index contributed by atoms with van der Waals surface area (Å²) in [6, 6.07) is 2.26. The lowest BCUT2D eigenvalue weighted by atomic mass is 9.93. The average molecular weight is 249 g/mol. The van der Waals surface area contributed by atoms with Crippen molar-refractivity contribution in [1.29, 1.82) is 0 Å². The summed E-state index contributed by atoms with van der Waals surface area (Å²) in [5, 5.41) is 12.6. The van der Waals surface area contributed by atoms with Crippen LogP contribution in [0, 0.1) is 27.7 Å². The van der Waals surface area contributed by atoms with Gasteiger partial charge in [0.2, 0.25) is 0 Å². The molecule has 2 N–H and O–H groups in total. The van der Waals surface area contributed by atoms with Gasteiger partial charge in [0.05, 0.1) is 0 Å². The Bertz CT molecular complexity index is 395. The first-order valence-corrected chi connectivity index (χ1v) is 6.70. The van der Waals surface area contributed by atoms with Gasteiger partial charge in [-0.2, -0.15) is 0 Å². The van der Waals surface area contributed by atoms with E-state index < -0.39 is 0 Å². The van der Waals surface area contributed by atoms with E-state index in [9.17, 15) is 0 Å². The lowest BCUT2D eigenvalue weighted by Crippen LogP contribution is -2.39. The van der Waals surface area contributed by atoms with Gasteiger partial charge in [-0.05, 0) is 75.8 Å². The van der Waals surface area contributed by atoms with E-state index in [2.05, 4.69) is 52.9 Å². The molecule has 102 valence electrons. The minimum absolute atomic E-state index is 0.0225. The minimum Gasteiger partial charge on any atom is -0.396 e. The summed E-state index contributed by atoms with van der Waals surface area (Å²) >= 11 is 0. The number of benzene rings is 1. The summed E-state index contributed by atoms with van der Waals surface area (Å²) in [5.74, 6) is 0. The van der Waals surface area contributed by atoms with Crippen LogP contribution in [0.2, 0.25) is 0 Å². The molecule has 0 aliphatic rings. The number of hydrogen-bond donors (Lipinski definition) is 2. The number of aliphatic hydroxyl groups excluding tert-OH is 1. The lowest BCUT2D eigenvalue weighted by molar-refractivity contribution is 0.230. The summed E-state index contributed by atoms with van der Waals surface area (Å²) in [5.41, 5.74) is 6.85. The number of aryl methyl sites for hydroxylation is 2. The van der Waals surface area contributed by atoms with Crippen molar-refractivity contribution in [2.45, 2.75) is 60.0 Å². The minimum atomic E-state index is -0.0225. The number of hydrogen-bond acceptors (Lipinski definition) is 2. The van der Waals surface area contributed by atoms with Crippen LogP contribution in [0.3, 0.4) is 0 Å². The fourth-order valence-corrected chi connectivity index (χ4v) is 2.26. The monoisotopic (exact) mass is 249 g/mol. The third-order valence-corrected chi connectivity index (χ3v) is 4.00. The summed E-state index contributed by atoms with van der Waals surface area (Å²) in [6.45, 7) is 14.1. The molecule has 0 atom stereocenters. The molecule has 0 bridgehead atoms. The number of nitrogens with one attached hydrogen (secondary N) is 1. The molecule has 2 heteroatoms. The predicted octanol–water partition coefficient (Wildman–Crippen LogP) is 3.17. The molecule has 0 unspecified atom stereocenters. The van der Waals surface area contributed by atoms with Crippen molar-refractivity contribution in [2.24, 2.45) is 0 Å². The van der Waals surface area contributed by atoms with E-state index in [1.807, 2.05) is 0 Å². The Morgan fingerprint density at radius 1 is 1.06 bits per heavy atom. The number of rotatable bonds is 5. The molecule has 0 fully saturated rings. The van der Waals surface area contributed by atoms with Gasteiger partial charge in [-0.25, -0.2) is 0 Å². The van der Waals surface area contributed by atoms with Gasteiger partial charge in [-0.1, -0.05) is 6.07 Å². The second kappa shape index (κ2) is 5.85. The molecule has 0 saturated heterocycles. The van der Waals surface area contributed by atoms with Crippen LogP contribution in [0.5, 0.6) is 0 Å². The van der Waals surface area contributed by atoms with E-state index in [-0.39, 0.29) is 12.1 Å². The van der Waals surface area contributed by atoms with Crippen LogP contribution in [0.25, 0.3) is 0 Å². The van der Waals surface area contributed by atoms with Crippen molar-refractivity contribution in [3.05, 3.63) is 33.9 Å². The molecule has 0 radical (unpaired) electrons. The molecule has 0 heterocycles. The maximum Gasteiger partial charge on any atom is 0.0448 e. The summed E-state index contributed by atoms with van der Waals surface area (Å²) in [7, 11) is 0. The molecule has 0 spiro atoms. The summed E-state index contributed by atoms with van der Waals surface area (Å²) in [4.78, 5) is 0. The van der Waals surface area contributed by atoms with Crippen LogP contribution in [0.15, 0.2) is 6.07 Å². The molecule has 18 heavy (non-hydrogen) atoms. The third kappa shape index (κ3) is 3.56. The fraction of sp³-hybridized carbons (Fsp3) is 0.625. The topological polar surface area (TPSA) is 32.3 Å². The van der Waals surface area contributed by atoms with Crippen LogP contribution in [-0.4, -0.2) is 17.3 Å². The van der Waals surface area contributed by atoms with Crippen LogP contribution >= 0.6 is 0 Å². The van der Waals surface area contributed by atoms with Crippen molar-refractivity contribution in [2.75, 3.05) is 6.61 Å². The molecule has 0 saturated carbocycles. The molecular formula is C16H27NO. The molecule has 0 aliphatic heterocycles. The Morgan fingerprint density at radius 3 is 2.00 bits per heavy atom. The van der Waals surface area contributed by atoms with Crippen molar-refractivity contribution in [1.82, 2.24) is 5.32 Å². The zero-order valence-corrected chi connectivity index (χ0v) is 12.6. The largest absolute Gasteiger partial charge is 0.396 e. The smallest absolute Gasteiger partial charge is 0.0448 e. The van der Waals surface area contributed by atoms with Gasteiger partial charge >= 0.3 is 0 Å². The molecule has 0 aromatic heterocycles. The van der Waals surface area contributed by atoms with E-state index in [1.54, 1.807) is 0 Å². The Balaban J connectivity index is 2.91. The second-order valence-corrected chi connectivity index (χ2v) is 5.95. The zero-order chi connectivity index (χ0) is 13.9. The second-order valence-electron chi connectivity index (χ2n) is 5.95. The van der Waals surface area contributed by atoms with Gasteiger partial charge in [0, 0.05) is 18.7 Å². The van der Waals surface area contributed by atoms with E-state index in [0.29, 0.717) is 0 Å². The van der Waals surface area contributed by atoms with E-state index >= 15 is 0 Å². The molecule has 0 amide bonds. The lowest BCUT2D eigenvalue weighted by Gasteiger charge is -2.27. The van der Waals surface area contributed by atoms with Gasteiger partial charge in [-0.15, -0.1) is 0 Å². The Hall–Kier alpha value is -0.860. The Morgan fingerprint density at radius 2 is 1.56 bits per heavy atom. The van der Waals surface area contributed by atoms with Gasteiger partial charge in [0.15, 0.2) is 0 Å². The quantitative estimate of drug-likeness (QED) is 0.840. The molecule has 2 nitrogen and oxygen atoms in total. The summed E-state index contributed by atoms with van der Waals surface area (Å²) in [6.07, 6.45) is 0.774. The van der Waals surface area contributed by atoms with Gasteiger partial charge in [-0.3, -0.25) is 0 Å². The van der Waals surface area contributed by atoms with Crippen LogP contribution in [0.4, 0.5) is 0 Å². The summed E-state index contributed by atoms with van der Waals surface area (Å²) < 4.78 is 0. The Kier molecular flexibility index (Phi) is 4.94. The highest BCUT2D eigenvalue weighted by Crippen LogP contribution is 2.22. The number of aliphatic hydroxyl groups is 1. The zero-order valence-electron chi connectivity index (χ0n) is 12.6. The average Bonchev–Trinajstić information content (AvgIpc) is 2.26. The van der Waals surface area contributed by atoms with Crippen LogP contribution in [-0.2, 0) is 6.54 Å². The van der Waals surface area contributed by atoms with Crippen LogP contribution in [0.1, 0.15) is 48.1 Å². The van der Waals surface area contributed by atoms with E-state index in [0.717, 1.165) is 13.0 Å². The van der Waals surface area contributed by atoms with Gasteiger partial charge in [0.25, 0.3) is 0 Å². The fourth-order valence-electron chi connectivity index (χ4n) is 2.26. The van der Waals surface area contributed by atoms with Gasteiger partial charge in [0.1, 0.15) is 0 Å². The van der Waals surface area contributed by atoms with Crippen molar-refractivity contribution in [3.8, 4) is 0 Å². The third-order valence-electron chi connectivity index (χ3n) is 4.00. The maximum atomic E-state index is 9.06. The Labute approximate surface area is 111 Å². The van der Waals surface area contributed by atoms with E-state index in [1.165, 1.54) is 27.8 Å². The standard InChI is InChI=1S/C16H27NO/c1-11-9-12(2)14(4)15(13(11)3)10-17-16(5,6)7-8-18/h9,17-18H,7-8,10H2,1-6H3. The maximum absolute atomic E-state index is 9.06. The van der Waals surface area contributed by atoms with Crippen LogP contribution < -0.4 is 5.32 Å². The SMILES string of the molecule is Cc1cc(C)c(C)c(CNC(C)(C)CCO)c1C. The highest BCUT2D eigenvalue weighted by molar-refractivity contribution is 5.43. The first-order valence-electron chi connectivity index (χ1n) is 6.70. The predicted molar refractivity (Wildman–Crippen MR) is 78.0 cm³/mol. The van der Waals surface area contributed by atoms with Crippen molar-refractivity contribution in [3.63, 3.8) is 0 Å². The molecule has 0 aliphatic carbocycles. The normalized spacial score (nSPS) is 11.9. The first kappa shape index (κ1) is 15.2. The molecular weight excluding hydrogens is 222 g/mol. The molecule has 1 aromatic rings. The molecule has 1 rings (SSSR count). The highest BCUT2D eigenvalue weighted by Gasteiger charge is 2.17. The van der Waals surface area contributed by atoms with E-state index in [4.69, 9.17) is 5.11 Å². The first-order chi connectivity index (χ1) is 8.28. The van der Waals surface area contributed by atoms with Crippen molar-refractivity contribution >= 4 is 0 Å².